The molecule has 6 heteroatoms. The van der Waals surface area contributed by atoms with Gasteiger partial charge in [-0.25, -0.2) is 4.39 Å². The average Bonchev–Trinajstić information content (AvgIpc) is 2.83. The quantitative estimate of drug-likeness (QED) is 0.852. The molecule has 1 aromatic carbocycles. The molecule has 0 bridgehead atoms. The predicted octanol–water partition coefficient (Wildman–Crippen LogP) is 3.87. The van der Waals surface area contributed by atoms with Crippen molar-refractivity contribution in [2.24, 2.45) is 0 Å². The topological polar surface area (TPSA) is 38.3 Å². The fourth-order valence-corrected chi connectivity index (χ4v) is 2.84. The number of benzene rings is 1. The molecule has 0 unspecified atom stereocenters. The van der Waals surface area contributed by atoms with E-state index in [0.29, 0.717) is 17.3 Å². The molecule has 0 aliphatic rings. The van der Waals surface area contributed by atoms with Crippen LogP contribution in [0.5, 0.6) is 0 Å². The van der Waals surface area contributed by atoms with Crippen LogP contribution in [0.25, 0.3) is 0 Å². The molecule has 2 aromatic rings. The van der Waals surface area contributed by atoms with Gasteiger partial charge in [-0.2, -0.15) is 0 Å². The van der Waals surface area contributed by atoms with E-state index in [-0.39, 0.29) is 18.2 Å². The van der Waals surface area contributed by atoms with Crippen LogP contribution in [-0.2, 0) is 22.5 Å². The summed E-state index contributed by atoms with van der Waals surface area (Å²) in [5.41, 5.74) is 0.623. The van der Waals surface area contributed by atoms with Crippen LogP contribution in [0.3, 0.4) is 0 Å². The third kappa shape index (κ3) is 4.21. The highest BCUT2D eigenvalue weighted by atomic mass is 35.5. The molecule has 2 rings (SSSR count). The van der Waals surface area contributed by atoms with Crippen LogP contribution in [0.4, 0.5) is 10.1 Å². The molecule has 0 spiro atoms. The highest BCUT2D eigenvalue weighted by Crippen LogP contribution is 2.21. The second kappa shape index (κ2) is 6.72. The van der Waals surface area contributed by atoms with Crippen LogP contribution < -0.4 is 5.32 Å². The lowest BCUT2D eigenvalue weighted by molar-refractivity contribution is -0.139. The molecule has 0 saturated carbocycles. The zero-order valence-corrected chi connectivity index (χ0v) is 12.4. The summed E-state index contributed by atoms with van der Waals surface area (Å²) in [6, 6.07) is 8.11. The van der Waals surface area contributed by atoms with Crippen molar-refractivity contribution >= 4 is 34.6 Å². The summed E-state index contributed by atoms with van der Waals surface area (Å²) in [7, 11) is 1.37. The molecule has 1 aromatic heterocycles. The van der Waals surface area contributed by atoms with Crippen LogP contribution >= 0.6 is 22.9 Å². The molecule has 0 aliphatic carbocycles. The number of anilines is 1. The van der Waals surface area contributed by atoms with Crippen LogP contribution in [0.2, 0.25) is 5.02 Å². The van der Waals surface area contributed by atoms with E-state index >= 15 is 0 Å². The van der Waals surface area contributed by atoms with Gasteiger partial charge in [0, 0.05) is 27.0 Å². The second-order valence-corrected chi connectivity index (χ2v) is 5.82. The number of carbonyl (C=O) groups excluding carboxylic acids is 1. The Bertz CT molecular complexity index is 595. The average molecular weight is 314 g/mol. The number of thiophene rings is 1. The zero-order chi connectivity index (χ0) is 14.5. The first-order valence-corrected chi connectivity index (χ1v) is 7.10. The molecular weight excluding hydrogens is 301 g/mol. The molecule has 0 radical (unpaired) electrons. The minimum Gasteiger partial charge on any atom is -0.469 e. The fraction of sp³-hybridized carbons (Fsp3) is 0.214. The molecule has 0 atom stereocenters. The summed E-state index contributed by atoms with van der Waals surface area (Å²) in [5, 5.41) is 3.44. The Kier molecular flexibility index (Phi) is 4.98. The van der Waals surface area contributed by atoms with E-state index in [1.807, 2.05) is 12.1 Å². The summed E-state index contributed by atoms with van der Waals surface area (Å²) >= 11 is 7.29. The molecule has 0 amide bonds. The standard InChI is InChI=1S/C14H13ClFNO2S/c1-19-14(18)7-12-2-3-13(20-12)8-17-11-5-9(15)4-10(16)6-11/h2-6,17H,7-8H2,1H3. The van der Waals surface area contributed by atoms with Crippen molar-refractivity contribution in [3.8, 4) is 0 Å². The molecule has 106 valence electrons. The van der Waals surface area contributed by atoms with Crippen molar-refractivity contribution in [1.29, 1.82) is 0 Å². The number of ether oxygens (including phenoxy) is 1. The largest absolute Gasteiger partial charge is 0.469 e. The molecule has 0 saturated heterocycles. The van der Waals surface area contributed by atoms with Gasteiger partial charge < -0.3 is 10.1 Å². The van der Waals surface area contributed by atoms with Crippen molar-refractivity contribution in [2.45, 2.75) is 13.0 Å². The van der Waals surface area contributed by atoms with Gasteiger partial charge >= 0.3 is 5.97 Å². The molecule has 0 aliphatic heterocycles. The van der Waals surface area contributed by atoms with Gasteiger partial charge in [0.2, 0.25) is 0 Å². The van der Waals surface area contributed by atoms with Gasteiger partial charge in [0.25, 0.3) is 0 Å². The summed E-state index contributed by atoms with van der Waals surface area (Å²) in [6.45, 7) is 0.547. The number of rotatable bonds is 5. The van der Waals surface area contributed by atoms with E-state index in [1.165, 1.54) is 30.6 Å². The Hall–Kier alpha value is -1.59. The normalized spacial score (nSPS) is 10.3. The first kappa shape index (κ1) is 14.8. The number of esters is 1. The number of methoxy groups -OCH3 is 1. The lowest BCUT2D eigenvalue weighted by atomic mass is 10.3. The van der Waals surface area contributed by atoms with Crippen LogP contribution in [-0.4, -0.2) is 13.1 Å². The Morgan fingerprint density at radius 3 is 2.80 bits per heavy atom. The SMILES string of the molecule is COC(=O)Cc1ccc(CNc2cc(F)cc(Cl)c2)s1. The van der Waals surface area contributed by atoms with Crippen molar-refractivity contribution in [1.82, 2.24) is 0 Å². The first-order valence-electron chi connectivity index (χ1n) is 5.91. The summed E-state index contributed by atoms with van der Waals surface area (Å²) in [4.78, 5) is 13.1. The van der Waals surface area contributed by atoms with Gasteiger partial charge in [-0.15, -0.1) is 11.3 Å². The lowest BCUT2D eigenvalue weighted by Gasteiger charge is -2.05. The van der Waals surface area contributed by atoms with Crippen molar-refractivity contribution in [3.05, 3.63) is 50.9 Å². The van der Waals surface area contributed by atoms with E-state index in [4.69, 9.17) is 11.6 Å². The minimum absolute atomic E-state index is 0.261. The molecule has 3 nitrogen and oxygen atoms in total. The Morgan fingerprint density at radius 1 is 1.35 bits per heavy atom. The third-order valence-corrected chi connectivity index (χ3v) is 3.90. The van der Waals surface area contributed by atoms with E-state index in [9.17, 15) is 9.18 Å². The molecule has 20 heavy (non-hydrogen) atoms. The van der Waals surface area contributed by atoms with Gasteiger partial charge in [-0.1, -0.05) is 11.6 Å². The Morgan fingerprint density at radius 2 is 2.10 bits per heavy atom. The maximum absolute atomic E-state index is 13.2. The van der Waals surface area contributed by atoms with Crippen molar-refractivity contribution < 1.29 is 13.9 Å². The third-order valence-electron chi connectivity index (χ3n) is 2.59. The highest BCUT2D eigenvalue weighted by molar-refractivity contribution is 7.12. The van der Waals surface area contributed by atoms with Gasteiger partial charge in [0.05, 0.1) is 13.5 Å². The van der Waals surface area contributed by atoms with Gasteiger partial charge in [-0.3, -0.25) is 4.79 Å². The zero-order valence-electron chi connectivity index (χ0n) is 10.8. The Balaban J connectivity index is 1.95. The lowest BCUT2D eigenvalue weighted by Crippen LogP contribution is -2.02. The number of nitrogens with one attached hydrogen (secondary N) is 1. The van der Waals surface area contributed by atoms with Crippen LogP contribution in [0.1, 0.15) is 9.75 Å². The second-order valence-electron chi connectivity index (χ2n) is 4.13. The van der Waals surface area contributed by atoms with E-state index in [2.05, 4.69) is 10.1 Å². The minimum atomic E-state index is -0.377. The predicted molar refractivity (Wildman–Crippen MR) is 78.8 cm³/mol. The van der Waals surface area contributed by atoms with Crippen LogP contribution in [0.15, 0.2) is 30.3 Å². The first-order chi connectivity index (χ1) is 9.56. The van der Waals surface area contributed by atoms with Crippen LogP contribution in [0, 0.1) is 5.82 Å². The summed E-state index contributed by atoms with van der Waals surface area (Å²) in [6.07, 6.45) is 0.271. The monoisotopic (exact) mass is 313 g/mol. The van der Waals surface area contributed by atoms with Crippen molar-refractivity contribution in [2.75, 3.05) is 12.4 Å². The van der Waals surface area contributed by atoms with Crippen molar-refractivity contribution in [3.63, 3.8) is 0 Å². The number of hydrogen-bond acceptors (Lipinski definition) is 4. The highest BCUT2D eigenvalue weighted by Gasteiger charge is 2.06. The molecule has 1 N–H and O–H groups in total. The smallest absolute Gasteiger partial charge is 0.310 e. The van der Waals surface area contributed by atoms with Gasteiger partial charge in [0.15, 0.2) is 0 Å². The maximum Gasteiger partial charge on any atom is 0.310 e. The van der Waals surface area contributed by atoms with Gasteiger partial charge in [-0.05, 0) is 30.3 Å². The molecule has 1 heterocycles. The molecule has 0 fully saturated rings. The number of hydrogen-bond donors (Lipinski definition) is 1. The summed E-state index contributed by atoms with van der Waals surface area (Å²) < 4.78 is 17.8. The van der Waals surface area contributed by atoms with E-state index < -0.39 is 0 Å². The number of halogens is 2. The Labute approximate surface area is 125 Å². The van der Waals surface area contributed by atoms with E-state index in [0.717, 1.165) is 9.75 Å². The number of carbonyl (C=O) groups is 1. The summed E-state index contributed by atoms with van der Waals surface area (Å²) in [5.74, 6) is -0.638. The maximum atomic E-state index is 13.2. The van der Waals surface area contributed by atoms with E-state index in [1.54, 1.807) is 6.07 Å². The molecular formula is C14H13ClFNO2S. The fourth-order valence-electron chi connectivity index (χ4n) is 1.67. The van der Waals surface area contributed by atoms with Gasteiger partial charge in [0.1, 0.15) is 5.82 Å².